The first kappa shape index (κ1) is 18.5. The maximum absolute atomic E-state index is 4.63. The Morgan fingerprint density at radius 3 is 2.57 bits per heavy atom. The van der Waals surface area contributed by atoms with E-state index in [0.29, 0.717) is 5.78 Å². The van der Waals surface area contributed by atoms with Gasteiger partial charge in [0.1, 0.15) is 12.1 Å². The molecule has 2 aromatic heterocycles. The molecular weight excluding hydrogens is 366 g/mol. The van der Waals surface area contributed by atoms with Crippen molar-refractivity contribution in [1.82, 2.24) is 19.6 Å². The van der Waals surface area contributed by atoms with E-state index in [2.05, 4.69) is 74.6 Å². The molecule has 2 aromatic carbocycles. The summed E-state index contributed by atoms with van der Waals surface area (Å²) >= 11 is 1.86. The highest BCUT2D eigenvalue weighted by molar-refractivity contribution is 7.98. The molecule has 0 aliphatic carbocycles. The van der Waals surface area contributed by atoms with Crippen molar-refractivity contribution in [2.24, 2.45) is 0 Å². The molecule has 2 heterocycles. The van der Waals surface area contributed by atoms with Crippen molar-refractivity contribution in [1.29, 1.82) is 0 Å². The third kappa shape index (κ3) is 3.87. The minimum absolute atomic E-state index is 0.636. The van der Waals surface area contributed by atoms with Crippen LogP contribution in [0.3, 0.4) is 0 Å². The smallest absolute Gasteiger partial charge is 0.254 e. The van der Waals surface area contributed by atoms with Gasteiger partial charge in [-0.25, -0.2) is 4.98 Å². The lowest BCUT2D eigenvalue weighted by molar-refractivity contribution is 0.863. The van der Waals surface area contributed by atoms with Gasteiger partial charge < -0.3 is 4.90 Å². The van der Waals surface area contributed by atoms with Gasteiger partial charge >= 0.3 is 0 Å². The molecule has 4 rings (SSSR count). The van der Waals surface area contributed by atoms with Crippen molar-refractivity contribution >= 4 is 23.4 Å². The van der Waals surface area contributed by atoms with Gasteiger partial charge in [-0.15, -0.1) is 11.8 Å². The summed E-state index contributed by atoms with van der Waals surface area (Å²) in [5.74, 6) is 2.64. The van der Waals surface area contributed by atoms with Crippen LogP contribution in [0, 0.1) is 6.92 Å². The second-order valence-corrected chi connectivity index (χ2v) is 8.01. The number of rotatable bonds is 6. The van der Waals surface area contributed by atoms with Gasteiger partial charge in [0, 0.05) is 42.4 Å². The number of thioether (sulfide) groups is 1. The lowest BCUT2D eigenvalue weighted by atomic mass is 10.0. The fourth-order valence-electron chi connectivity index (χ4n) is 3.32. The number of fused-ring (bicyclic) bond motifs is 1. The largest absolute Gasteiger partial charge is 0.362 e. The third-order valence-corrected chi connectivity index (χ3v) is 5.72. The summed E-state index contributed by atoms with van der Waals surface area (Å²) in [5.41, 5.74) is 4.77. The van der Waals surface area contributed by atoms with Crippen molar-refractivity contribution in [3.8, 4) is 0 Å². The average Bonchev–Trinajstić information content (AvgIpc) is 3.15. The molecule has 0 aliphatic heterocycles. The monoisotopic (exact) mass is 389 g/mol. The number of anilines is 1. The number of aryl methyl sites for hydroxylation is 1. The molecule has 0 unspecified atom stereocenters. The molecule has 142 valence electrons. The summed E-state index contributed by atoms with van der Waals surface area (Å²) in [6, 6.07) is 19.3. The zero-order valence-electron chi connectivity index (χ0n) is 16.3. The van der Waals surface area contributed by atoms with Gasteiger partial charge in [-0.3, -0.25) is 0 Å². The average molecular weight is 390 g/mol. The van der Waals surface area contributed by atoms with E-state index >= 15 is 0 Å². The molecular formula is C22H23N5S. The van der Waals surface area contributed by atoms with E-state index in [0.717, 1.165) is 23.7 Å². The standard InChI is InChI=1S/C22H23N5S/c1-16-20(21(26(2)3)27-22(25-16)23-15-24-27)13-18-10-7-11-19(12-18)28-14-17-8-5-4-6-9-17/h4-12,15H,13-14H2,1-3H3. The number of aromatic nitrogens is 4. The zero-order valence-corrected chi connectivity index (χ0v) is 17.1. The highest BCUT2D eigenvalue weighted by Crippen LogP contribution is 2.28. The second-order valence-electron chi connectivity index (χ2n) is 6.96. The normalized spacial score (nSPS) is 11.1. The van der Waals surface area contributed by atoms with E-state index in [4.69, 9.17) is 0 Å². The number of benzene rings is 2. The highest BCUT2D eigenvalue weighted by atomic mass is 32.2. The van der Waals surface area contributed by atoms with Crippen LogP contribution >= 0.6 is 11.8 Å². The first-order chi connectivity index (χ1) is 13.6. The summed E-state index contributed by atoms with van der Waals surface area (Å²) < 4.78 is 1.82. The predicted molar refractivity (Wildman–Crippen MR) is 115 cm³/mol. The third-order valence-electron chi connectivity index (χ3n) is 4.66. The van der Waals surface area contributed by atoms with E-state index in [1.807, 2.05) is 37.3 Å². The lowest BCUT2D eigenvalue weighted by Gasteiger charge is -2.20. The quantitative estimate of drug-likeness (QED) is 0.458. The molecule has 0 bridgehead atoms. The van der Waals surface area contributed by atoms with Crippen LogP contribution in [-0.2, 0) is 12.2 Å². The van der Waals surface area contributed by atoms with Crippen molar-refractivity contribution in [2.75, 3.05) is 19.0 Å². The second kappa shape index (κ2) is 8.02. The number of nitrogens with zero attached hydrogens (tertiary/aromatic N) is 5. The summed E-state index contributed by atoms with van der Waals surface area (Å²) in [6.07, 6.45) is 2.36. The molecule has 0 amide bonds. The van der Waals surface area contributed by atoms with Gasteiger partial charge in [-0.05, 0) is 30.2 Å². The SMILES string of the molecule is Cc1nc2ncnn2c(N(C)C)c1Cc1cccc(SCc2ccccc2)c1. The van der Waals surface area contributed by atoms with Crippen molar-refractivity contribution in [3.05, 3.63) is 83.3 Å². The van der Waals surface area contributed by atoms with E-state index < -0.39 is 0 Å². The Hall–Kier alpha value is -2.86. The maximum Gasteiger partial charge on any atom is 0.254 e. The first-order valence-electron chi connectivity index (χ1n) is 9.24. The van der Waals surface area contributed by atoms with Crippen LogP contribution in [0.15, 0.2) is 65.8 Å². The van der Waals surface area contributed by atoms with Gasteiger partial charge in [0.2, 0.25) is 0 Å². The van der Waals surface area contributed by atoms with Gasteiger partial charge in [-0.1, -0.05) is 42.5 Å². The fourth-order valence-corrected chi connectivity index (χ4v) is 4.26. The molecule has 0 spiro atoms. The van der Waals surface area contributed by atoms with Crippen LogP contribution < -0.4 is 4.90 Å². The summed E-state index contributed by atoms with van der Waals surface area (Å²) in [7, 11) is 4.07. The van der Waals surface area contributed by atoms with Crippen LogP contribution in [0.5, 0.6) is 0 Å². The highest BCUT2D eigenvalue weighted by Gasteiger charge is 2.16. The zero-order chi connectivity index (χ0) is 19.5. The molecule has 0 atom stereocenters. The predicted octanol–water partition coefficient (Wildman–Crippen LogP) is 4.38. The van der Waals surface area contributed by atoms with Gasteiger partial charge in [0.05, 0.1) is 0 Å². The molecule has 0 N–H and O–H groups in total. The Kier molecular flexibility index (Phi) is 5.30. The van der Waals surface area contributed by atoms with Crippen molar-refractivity contribution in [3.63, 3.8) is 0 Å². The molecule has 5 nitrogen and oxygen atoms in total. The van der Waals surface area contributed by atoms with Crippen LogP contribution in [0.2, 0.25) is 0 Å². The molecule has 0 fully saturated rings. The van der Waals surface area contributed by atoms with Crippen molar-refractivity contribution in [2.45, 2.75) is 24.0 Å². The Labute approximate surface area is 169 Å². The Balaban J connectivity index is 1.61. The molecule has 28 heavy (non-hydrogen) atoms. The van der Waals surface area contributed by atoms with Crippen LogP contribution in [0.25, 0.3) is 5.78 Å². The van der Waals surface area contributed by atoms with Crippen LogP contribution in [0.1, 0.15) is 22.4 Å². The number of hydrogen-bond donors (Lipinski definition) is 0. The molecule has 0 saturated heterocycles. The molecule has 4 aromatic rings. The van der Waals surface area contributed by atoms with Gasteiger partial charge in [-0.2, -0.15) is 14.6 Å². The molecule has 0 saturated carbocycles. The minimum atomic E-state index is 0.636. The van der Waals surface area contributed by atoms with Crippen LogP contribution in [0.4, 0.5) is 5.82 Å². The van der Waals surface area contributed by atoms with Gasteiger partial charge in [0.25, 0.3) is 5.78 Å². The minimum Gasteiger partial charge on any atom is -0.362 e. The van der Waals surface area contributed by atoms with Crippen molar-refractivity contribution < 1.29 is 0 Å². The summed E-state index contributed by atoms with van der Waals surface area (Å²) in [6.45, 7) is 2.05. The summed E-state index contributed by atoms with van der Waals surface area (Å²) in [4.78, 5) is 12.2. The molecule has 0 radical (unpaired) electrons. The van der Waals surface area contributed by atoms with E-state index in [1.165, 1.54) is 21.6 Å². The van der Waals surface area contributed by atoms with Gasteiger partial charge in [0.15, 0.2) is 0 Å². The Morgan fingerprint density at radius 2 is 1.79 bits per heavy atom. The summed E-state index contributed by atoms with van der Waals surface area (Å²) in [5, 5.41) is 4.36. The Bertz CT molecular complexity index is 1090. The van der Waals surface area contributed by atoms with E-state index in [1.54, 1.807) is 6.33 Å². The lowest BCUT2D eigenvalue weighted by Crippen LogP contribution is -2.18. The van der Waals surface area contributed by atoms with E-state index in [-0.39, 0.29) is 0 Å². The fraction of sp³-hybridized carbons (Fsp3) is 0.227. The maximum atomic E-state index is 4.63. The molecule has 0 aliphatic rings. The Morgan fingerprint density at radius 1 is 1.00 bits per heavy atom. The van der Waals surface area contributed by atoms with E-state index in [9.17, 15) is 0 Å². The number of hydrogen-bond acceptors (Lipinski definition) is 5. The van der Waals surface area contributed by atoms with Crippen LogP contribution in [-0.4, -0.2) is 33.7 Å². The topological polar surface area (TPSA) is 46.3 Å². The molecule has 6 heteroatoms. The first-order valence-corrected chi connectivity index (χ1v) is 10.2.